The van der Waals surface area contributed by atoms with Gasteiger partial charge < -0.3 is 4.52 Å². The lowest BCUT2D eigenvalue weighted by atomic mass is 10.2. The predicted octanol–water partition coefficient (Wildman–Crippen LogP) is 3.08. The number of halogens is 1. The lowest BCUT2D eigenvalue weighted by Gasteiger charge is -2.12. The molecular formula is C21H22BrN9O2. The highest BCUT2D eigenvalue weighted by Crippen LogP contribution is 2.28. The van der Waals surface area contributed by atoms with Crippen molar-refractivity contribution in [2.24, 2.45) is 4.99 Å². The van der Waals surface area contributed by atoms with E-state index in [-0.39, 0.29) is 5.56 Å². The van der Waals surface area contributed by atoms with Crippen LogP contribution in [-0.4, -0.2) is 43.9 Å². The minimum atomic E-state index is -0.104. The molecule has 0 unspecified atom stereocenters. The lowest BCUT2D eigenvalue weighted by Crippen LogP contribution is -2.23. The Morgan fingerprint density at radius 3 is 2.88 bits per heavy atom. The zero-order valence-electron chi connectivity index (χ0n) is 18.1. The molecule has 0 fully saturated rings. The molecule has 0 spiro atoms. The van der Waals surface area contributed by atoms with Gasteiger partial charge in [-0.25, -0.2) is 14.4 Å². The molecule has 4 aromatic rings. The van der Waals surface area contributed by atoms with Crippen LogP contribution in [0.3, 0.4) is 0 Å². The fourth-order valence-corrected chi connectivity index (χ4v) is 4.37. The van der Waals surface area contributed by atoms with Gasteiger partial charge >= 0.3 is 0 Å². The Balaban J connectivity index is 1.37. The quantitative estimate of drug-likeness (QED) is 0.313. The number of unbranched alkanes of at least 4 members (excludes halogenated alkanes) is 2. The summed E-state index contributed by atoms with van der Waals surface area (Å²) in [6.45, 7) is 2.91. The van der Waals surface area contributed by atoms with E-state index in [1.165, 1.54) is 0 Å². The van der Waals surface area contributed by atoms with Gasteiger partial charge in [0, 0.05) is 38.2 Å². The topological polar surface area (TPSA) is 129 Å². The lowest BCUT2D eigenvalue weighted by molar-refractivity contribution is 0.375. The molecule has 4 aromatic heterocycles. The molecule has 0 aliphatic carbocycles. The van der Waals surface area contributed by atoms with Crippen molar-refractivity contribution >= 4 is 32.1 Å². The predicted molar refractivity (Wildman–Crippen MR) is 124 cm³/mol. The Morgan fingerprint density at radius 1 is 1.15 bits per heavy atom. The van der Waals surface area contributed by atoms with Gasteiger partial charge in [-0.05, 0) is 28.8 Å². The van der Waals surface area contributed by atoms with Gasteiger partial charge in [-0.2, -0.15) is 4.98 Å². The van der Waals surface area contributed by atoms with Crippen molar-refractivity contribution < 1.29 is 4.52 Å². The minimum Gasteiger partial charge on any atom is -0.339 e. The van der Waals surface area contributed by atoms with E-state index in [2.05, 4.69) is 58.2 Å². The maximum Gasteiger partial charge on any atom is 0.266 e. The molecule has 0 amide bonds. The molecule has 1 aliphatic rings. The molecule has 0 N–H and O–H groups in total. The normalized spacial score (nSPS) is 13.0. The van der Waals surface area contributed by atoms with E-state index in [4.69, 9.17) is 4.52 Å². The Bertz CT molecular complexity index is 1370. The molecular weight excluding hydrogens is 490 g/mol. The molecule has 1 aliphatic heterocycles. The zero-order valence-corrected chi connectivity index (χ0v) is 19.7. The maximum absolute atomic E-state index is 13.2. The van der Waals surface area contributed by atoms with Crippen LogP contribution in [0.4, 0.5) is 5.82 Å². The van der Waals surface area contributed by atoms with Gasteiger partial charge in [0.15, 0.2) is 0 Å². The first kappa shape index (κ1) is 21.6. The molecule has 0 saturated heterocycles. The number of rotatable bonds is 9. The van der Waals surface area contributed by atoms with Gasteiger partial charge in [0.25, 0.3) is 5.56 Å². The van der Waals surface area contributed by atoms with Crippen LogP contribution in [0.15, 0.2) is 32.9 Å². The number of nitrogens with zero attached hydrogens (tertiary/aromatic N) is 9. The summed E-state index contributed by atoms with van der Waals surface area (Å²) in [4.78, 5) is 30.4. The average Bonchev–Trinajstić information content (AvgIpc) is 3.56. The van der Waals surface area contributed by atoms with Gasteiger partial charge in [0.1, 0.15) is 17.3 Å². The smallest absolute Gasteiger partial charge is 0.266 e. The number of hydrogen-bond acceptors (Lipinski definition) is 9. The Kier molecular flexibility index (Phi) is 6.07. The summed E-state index contributed by atoms with van der Waals surface area (Å²) in [5.74, 6) is 2.76. The first-order chi connectivity index (χ1) is 16.2. The average molecular weight is 512 g/mol. The van der Waals surface area contributed by atoms with Crippen LogP contribution >= 0.6 is 15.9 Å². The summed E-state index contributed by atoms with van der Waals surface area (Å²) >= 11 is 3.46. The first-order valence-electron chi connectivity index (χ1n) is 11.0. The van der Waals surface area contributed by atoms with E-state index in [1.807, 2.05) is 4.57 Å². The monoisotopic (exact) mass is 511 g/mol. The van der Waals surface area contributed by atoms with Crippen molar-refractivity contribution in [1.29, 1.82) is 0 Å². The number of aromatic nitrogens is 8. The molecule has 0 aromatic carbocycles. The van der Waals surface area contributed by atoms with Crippen molar-refractivity contribution in [3.8, 4) is 11.5 Å². The van der Waals surface area contributed by atoms with Crippen LogP contribution in [0.25, 0.3) is 17.3 Å². The molecule has 5 rings (SSSR count). The van der Waals surface area contributed by atoms with Crippen molar-refractivity contribution in [1.82, 2.24) is 39.3 Å². The van der Waals surface area contributed by atoms with Crippen LogP contribution in [0, 0.1) is 0 Å². The van der Waals surface area contributed by atoms with E-state index >= 15 is 0 Å². The molecule has 0 atom stereocenters. The number of hydrogen-bond donors (Lipinski definition) is 0. The fraction of sp³-hybridized carbons (Fsp3) is 0.429. The van der Waals surface area contributed by atoms with E-state index in [9.17, 15) is 4.79 Å². The van der Waals surface area contributed by atoms with Crippen LogP contribution in [0.2, 0.25) is 0 Å². The van der Waals surface area contributed by atoms with Gasteiger partial charge in [-0.3, -0.25) is 14.3 Å². The summed E-state index contributed by atoms with van der Waals surface area (Å²) in [5.41, 5.74) is 1.13. The summed E-state index contributed by atoms with van der Waals surface area (Å²) in [7, 11) is 0. The second kappa shape index (κ2) is 9.30. The van der Waals surface area contributed by atoms with Gasteiger partial charge in [0.2, 0.25) is 17.5 Å². The molecule has 0 bridgehead atoms. The highest BCUT2D eigenvalue weighted by molar-refractivity contribution is 9.18. The zero-order chi connectivity index (χ0) is 22.8. The number of aliphatic imine (C=N–C) groups is 1. The SMILES string of the molecule is CCCCCn1c2c(c(=O)n3c(CCCc4nc(-c5cnccn5)no4)nnc13)CC(Br)=N2. The van der Waals surface area contributed by atoms with Gasteiger partial charge in [-0.15, -0.1) is 10.2 Å². The number of aryl methyl sites for hydroxylation is 3. The molecule has 0 saturated carbocycles. The summed E-state index contributed by atoms with van der Waals surface area (Å²) in [6.07, 6.45) is 10.2. The summed E-state index contributed by atoms with van der Waals surface area (Å²) in [6, 6.07) is 0. The molecule has 33 heavy (non-hydrogen) atoms. The van der Waals surface area contributed by atoms with Crippen LogP contribution in [0.5, 0.6) is 0 Å². The molecule has 170 valence electrons. The van der Waals surface area contributed by atoms with Crippen molar-refractivity contribution in [2.75, 3.05) is 0 Å². The second-order valence-electron chi connectivity index (χ2n) is 7.84. The highest BCUT2D eigenvalue weighted by Gasteiger charge is 2.25. The maximum atomic E-state index is 13.2. The summed E-state index contributed by atoms with van der Waals surface area (Å²) < 4.78 is 9.74. The Labute approximate surface area is 197 Å². The van der Waals surface area contributed by atoms with Gasteiger partial charge in [-0.1, -0.05) is 24.9 Å². The molecule has 5 heterocycles. The van der Waals surface area contributed by atoms with E-state index in [1.54, 1.807) is 23.0 Å². The van der Waals surface area contributed by atoms with E-state index in [0.717, 1.165) is 30.4 Å². The molecule has 12 heteroatoms. The van der Waals surface area contributed by atoms with Crippen LogP contribution in [0.1, 0.15) is 49.9 Å². The largest absolute Gasteiger partial charge is 0.339 e. The van der Waals surface area contributed by atoms with Crippen molar-refractivity contribution in [3.63, 3.8) is 0 Å². The van der Waals surface area contributed by atoms with E-state index < -0.39 is 0 Å². The molecule has 11 nitrogen and oxygen atoms in total. The minimum absolute atomic E-state index is 0.104. The fourth-order valence-electron chi connectivity index (χ4n) is 3.92. The standard InChI is InChI=1S/C21H22BrN9O2/c1-2-3-4-10-30-19-13(11-15(22)25-19)20(32)31-16(27-28-21(30)31)6-5-7-17-26-18(29-33-17)14-12-23-8-9-24-14/h8-9,12H,2-7,10-11H2,1H3. The first-order valence-corrected chi connectivity index (χ1v) is 11.8. The van der Waals surface area contributed by atoms with Gasteiger partial charge in [0.05, 0.1) is 16.4 Å². The molecule has 0 radical (unpaired) electrons. The third-order valence-corrected chi connectivity index (χ3v) is 5.99. The van der Waals surface area contributed by atoms with Crippen LogP contribution < -0.4 is 5.56 Å². The van der Waals surface area contributed by atoms with E-state index in [0.29, 0.717) is 66.1 Å². The van der Waals surface area contributed by atoms with Crippen LogP contribution in [-0.2, 0) is 25.8 Å². The summed E-state index contributed by atoms with van der Waals surface area (Å²) in [5, 5.41) is 12.7. The van der Waals surface area contributed by atoms with Crippen molar-refractivity contribution in [3.05, 3.63) is 46.2 Å². The Morgan fingerprint density at radius 2 is 2.06 bits per heavy atom. The highest BCUT2D eigenvalue weighted by atomic mass is 79.9. The van der Waals surface area contributed by atoms with Crippen molar-refractivity contribution in [2.45, 2.75) is 58.4 Å². The third-order valence-electron chi connectivity index (χ3n) is 5.53. The third kappa shape index (κ3) is 4.22. The number of fused-ring (bicyclic) bond motifs is 2. The second-order valence-corrected chi connectivity index (χ2v) is 8.75. The Hall–Kier alpha value is -3.28.